The fraction of sp³-hybridized carbons (Fsp3) is 0.455. The van der Waals surface area contributed by atoms with E-state index in [0.717, 1.165) is 6.07 Å². The minimum absolute atomic E-state index is 0.251. The minimum Gasteiger partial charge on any atom is -0.490 e. The molecule has 1 atom stereocenters. The van der Waals surface area contributed by atoms with Gasteiger partial charge in [0.05, 0.1) is 19.1 Å². The van der Waals surface area contributed by atoms with Gasteiger partial charge in [-0.05, 0) is 24.6 Å². The van der Waals surface area contributed by atoms with Crippen LogP contribution in [0.1, 0.15) is 25.0 Å². The van der Waals surface area contributed by atoms with Crippen molar-refractivity contribution in [1.82, 2.24) is 0 Å². The van der Waals surface area contributed by atoms with E-state index in [4.69, 9.17) is 5.11 Å². The van der Waals surface area contributed by atoms with Gasteiger partial charge < -0.3 is 9.84 Å². The summed E-state index contributed by atoms with van der Waals surface area (Å²) in [4.78, 5) is 0. The summed E-state index contributed by atoms with van der Waals surface area (Å²) in [5, 5.41) is 9.17. The SMILES string of the molecule is CC(O)c1ccc(OCCC(F)(F)F)c(F)c1. The van der Waals surface area contributed by atoms with Gasteiger partial charge in [0.25, 0.3) is 0 Å². The number of rotatable bonds is 4. The van der Waals surface area contributed by atoms with E-state index >= 15 is 0 Å². The number of alkyl halides is 3. The van der Waals surface area contributed by atoms with Crippen LogP contribution in [0.3, 0.4) is 0 Å². The number of aliphatic hydroxyl groups is 1. The Labute approximate surface area is 95.8 Å². The Morgan fingerprint density at radius 2 is 2.00 bits per heavy atom. The number of benzene rings is 1. The molecule has 0 heterocycles. The average Bonchev–Trinajstić information content (AvgIpc) is 2.18. The Kier molecular flexibility index (Phi) is 4.34. The first kappa shape index (κ1) is 13.8. The molecular formula is C11H12F4O2. The maximum Gasteiger partial charge on any atom is 0.392 e. The van der Waals surface area contributed by atoms with Gasteiger partial charge in [0.15, 0.2) is 11.6 Å². The second-order valence-electron chi connectivity index (χ2n) is 3.58. The summed E-state index contributed by atoms with van der Waals surface area (Å²) in [7, 11) is 0. The Morgan fingerprint density at radius 3 is 2.47 bits per heavy atom. The normalized spacial score (nSPS) is 13.5. The van der Waals surface area contributed by atoms with Gasteiger partial charge in [0.2, 0.25) is 0 Å². The van der Waals surface area contributed by atoms with Crippen molar-refractivity contribution in [2.75, 3.05) is 6.61 Å². The van der Waals surface area contributed by atoms with Crippen LogP contribution < -0.4 is 4.74 Å². The molecule has 0 saturated heterocycles. The van der Waals surface area contributed by atoms with Crippen molar-refractivity contribution in [1.29, 1.82) is 0 Å². The van der Waals surface area contributed by atoms with E-state index in [1.54, 1.807) is 0 Å². The van der Waals surface area contributed by atoms with Gasteiger partial charge in [0, 0.05) is 0 Å². The van der Waals surface area contributed by atoms with E-state index < -0.39 is 31.1 Å². The molecular weight excluding hydrogens is 240 g/mol. The molecule has 1 N–H and O–H groups in total. The number of hydrogen-bond donors (Lipinski definition) is 1. The van der Waals surface area contributed by atoms with E-state index in [1.807, 2.05) is 0 Å². The molecule has 17 heavy (non-hydrogen) atoms. The quantitative estimate of drug-likeness (QED) is 0.834. The molecule has 0 spiro atoms. The predicted octanol–water partition coefficient (Wildman–Crippen LogP) is 3.21. The van der Waals surface area contributed by atoms with Crippen LogP contribution in [0.4, 0.5) is 17.6 Å². The third-order valence-corrected chi connectivity index (χ3v) is 2.08. The smallest absolute Gasteiger partial charge is 0.392 e. The Balaban J connectivity index is 2.61. The molecule has 0 fully saturated rings. The Morgan fingerprint density at radius 1 is 1.35 bits per heavy atom. The number of ether oxygens (including phenoxy) is 1. The zero-order chi connectivity index (χ0) is 13.1. The first-order valence-corrected chi connectivity index (χ1v) is 4.96. The van der Waals surface area contributed by atoms with Crippen LogP contribution in [0.25, 0.3) is 0 Å². The molecule has 1 unspecified atom stereocenters. The molecule has 0 aliphatic heterocycles. The molecule has 96 valence electrons. The van der Waals surface area contributed by atoms with Crippen LogP contribution >= 0.6 is 0 Å². The first-order valence-electron chi connectivity index (χ1n) is 4.96. The van der Waals surface area contributed by atoms with Crippen LogP contribution in [-0.2, 0) is 0 Å². The lowest BCUT2D eigenvalue weighted by Gasteiger charge is -2.11. The van der Waals surface area contributed by atoms with Gasteiger partial charge in [-0.25, -0.2) is 4.39 Å². The summed E-state index contributed by atoms with van der Waals surface area (Å²) >= 11 is 0. The van der Waals surface area contributed by atoms with Crippen LogP contribution in [-0.4, -0.2) is 17.9 Å². The summed E-state index contributed by atoms with van der Waals surface area (Å²) in [5.41, 5.74) is 0.339. The predicted molar refractivity (Wildman–Crippen MR) is 53.2 cm³/mol. The number of hydrogen-bond acceptors (Lipinski definition) is 2. The topological polar surface area (TPSA) is 29.5 Å². The second kappa shape index (κ2) is 5.35. The summed E-state index contributed by atoms with van der Waals surface area (Å²) in [6.07, 6.45) is -6.30. The third kappa shape index (κ3) is 4.60. The van der Waals surface area contributed by atoms with Crippen molar-refractivity contribution in [3.05, 3.63) is 29.6 Å². The lowest BCUT2D eigenvalue weighted by Crippen LogP contribution is -2.13. The van der Waals surface area contributed by atoms with E-state index in [1.165, 1.54) is 19.1 Å². The monoisotopic (exact) mass is 252 g/mol. The van der Waals surface area contributed by atoms with Crippen molar-refractivity contribution in [2.24, 2.45) is 0 Å². The summed E-state index contributed by atoms with van der Waals surface area (Å²) in [6, 6.07) is 3.64. The van der Waals surface area contributed by atoms with Gasteiger partial charge in [-0.3, -0.25) is 0 Å². The van der Waals surface area contributed by atoms with Crippen molar-refractivity contribution < 1.29 is 27.4 Å². The second-order valence-corrected chi connectivity index (χ2v) is 3.58. The van der Waals surface area contributed by atoms with Crippen LogP contribution in [0.15, 0.2) is 18.2 Å². The van der Waals surface area contributed by atoms with Crippen LogP contribution in [0.5, 0.6) is 5.75 Å². The summed E-state index contributed by atoms with van der Waals surface area (Å²) < 4.78 is 53.5. The molecule has 6 heteroatoms. The van der Waals surface area contributed by atoms with E-state index in [2.05, 4.69) is 4.74 Å². The molecule has 0 saturated carbocycles. The van der Waals surface area contributed by atoms with Gasteiger partial charge in [-0.1, -0.05) is 6.07 Å². The van der Waals surface area contributed by atoms with Crippen molar-refractivity contribution in [3.8, 4) is 5.75 Å². The minimum atomic E-state index is -4.32. The van der Waals surface area contributed by atoms with Gasteiger partial charge >= 0.3 is 6.18 Å². The highest BCUT2D eigenvalue weighted by molar-refractivity contribution is 5.30. The highest BCUT2D eigenvalue weighted by Gasteiger charge is 2.27. The van der Waals surface area contributed by atoms with Crippen LogP contribution in [0, 0.1) is 5.82 Å². The number of halogens is 4. The van der Waals surface area contributed by atoms with Crippen LogP contribution in [0.2, 0.25) is 0 Å². The highest BCUT2D eigenvalue weighted by Crippen LogP contribution is 2.24. The fourth-order valence-electron chi connectivity index (χ4n) is 1.17. The molecule has 0 aliphatic carbocycles. The molecule has 0 aromatic heterocycles. The molecule has 1 rings (SSSR count). The Hall–Kier alpha value is -1.30. The maximum atomic E-state index is 13.3. The summed E-state index contributed by atoms with van der Waals surface area (Å²) in [5.74, 6) is -1.04. The zero-order valence-electron chi connectivity index (χ0n) is 9.09. The maximum absolute atomic E-state index is 13.3. The lowest BCUT2D eigenvalue weighted by molar-refractivity contribution is -0.139. The Bertz CT molecular complexity index is 374. The molecule has 0 amide bonds. The van der Waals surface area contributed by atoms with E-state index in [0.29, 0.717) is 5.56 Å². The fourth-order valence-corrected chi connectivity index (χ4v) is 1.17. The lowest BCUT2D eigenvalue weighted by atomic mass is 10.1. The largest absolute Gasteiger partial charge is 0.490 e. The highest BCUT2D eigenvalue weighted by atomic mass is 19.4. The van der Waals surface area contributed by atoms with Gasteiger partial charge in [-0.15, -0.1) is 0 Å². The molecule has 0 aliphatic rings. The van der Waals surface area contributed by atoms with Crippen molar-refractivity contribution in [3.63, 3.8) is 0 Å². The van der Waals surface area contributed by atoms with Crippen molar-refractivity contribution in [2.45, 2.75) is 25.6 Å². The molecule has 1 aromatic rings. The molecule has 0 bridgehead atoms. The van der Waals surface area contributed by atoms with Gasteiger partial charge in [0.1, 0.15) is 0 Å². The van der Waals surface area contributed by atoms with Gasteiger partial charge in [-0.2, -0.15) is 13.2 Å². The third-order valence-electron chi connectivity index (χ3n) is 2.08. The van der Waals surface area contributed by atoms with E-state index in [-0.39, 0.29) is 5.75 Å². The molecule has 0 radical (unpaired) electrons. The van der Waals surface area contributed by atoms with Crippen molar-refractivity contribution >= 4 is 0 Å². The zero-order valence-corrected chi connectivity index (χ0v) is 9.09. The molecule has 2 nitrogen and oxygen atoms in total. The summed E-state index contributed by atoms with van der Waals surface area (Å²) in [6.45, 7) is 0.827. The number of aliphatic hydroxyl groups excluding tert-OH is 1. The first-order chi connectivity index (χ1) is 7.79. The van der Waals surface area contributed by atoms with E-state index in [9.17, 15) is 17.6 Å². The average molecular weight is 252 g/mol. The standard InChI is InChI=1S/C11H12F4O2/c1-7(16)8-2-3-10(9(12)6-8)17-5-4-11(13,14)15/h2-3,6-7,16H,4-5H2,1H3. The molecule has 1 aromatic carbocycles.